The van der Waals surface area contributed by atoms with Gasteiger partial charge in [-0.3, -0.25) is 4.79 Å². The maximum Gasteiger partial charge on any atom is 0.196 e. The number of carbonyl (C=O) groups is 1. The van der Waals surface area contributed by atoms with Crippen LogP contribution in [0.5, 0.6) is 11.5 Å². The molecule has 1 aliphatic heterocycles. The molecule has 2 N–H and O–H groups in total. The van der Waals surface area contributed by atoms with Crippen molar-refractivity contribution in [1.82, 2.24) is 0 Å². The molecule has 2 aromatic rings. The van der Waals surface area contributed by atoms with Crippen LogP contribution in [0.4, 0.5) is 5.69 Å². The van der Waals surface area contributed by atoms with E-state index >= 15 is 0 Å². The zero-order chi connectivity index (χ0) is 23.1. The Morgan fingerprint density at radius 1 is 1.26 bits per heavy atom. The zero-order valence-electron chi connectivity index (χ0n) is 19.8. The minimum atomic E-state index is -0.421. The van der Waals surface area contributed by atoms with Crippen LogP contribution in [-0.2, 0) is 0 Å². The number of hydrogen-bond acceptors (Lipinski definition) is 6. The second-order valence-electron chi connectivity index (χ2n) is 8.92. The second-order valence-corrected chi connectivity index (χ2v) is 8.92. The molecule has 0 aliphatic carbocycles. The smallest absolute Gasteiger partial charge is 0.196 e. The van der Waals surface area contributed by atoms with Crippen molar-refractivity contribution in [2.24, 2.45) is 16.3 Å². The van der Waals surface area contributed by atoms with Gasteiger partial charge >= 0.3 is 0 Å². The van der Waals surface area contributed by atoms with E-state index in [0.29, 0.717) is 22.6 Å². The number of carbonyl (C=O) groups excluding carboxylic acids is 1. The van der Waals surface area contributed by atoms with Gasteiger partial charge in [-0.25, -0.2) is 0 Å². The highest BCUT2D eigenvalue weighted by atomic mass is 35.5. The summed E-state index contributed by atoms with van der Waals surface area (Å²) in [6, 6.07) is 12.4. The van der Waals surface area contributed by atoms with Gasteiger partial charge in [0.05, 0.1) is 12.7 Å². The van der Waals surface area contributed by atoms with Crippen LogP contribution in [0.2, 0.25) is 0 Å². The topological polar surface area (TPSA) is 114 Å². The van der Waals surface area contributed by atoms with Crippen molar-refractivity contribution in [3.63, 3.8) is 0 Å². The van der Waals surface area contributed by atoms with E-state index in [1.807, 2.05) is 18.2 Å². The molecule has 10 heteroatoms. The third kappa shape index (κ3) is 7.71. The normalized spacial score (nSPS) is 15.1. The second kappa shape index (κ2) is 13.3. The van der Waals surface area contributed by atoms with E-state index < -0.39 is 6.04 Å². The molecule has 1 saturated heterocycles. The van der Waals surface area contributed by atoms with Gasteiger partial charge in [0, 0.05) is 41.8 Å². The first-order chi connectivity index (χ1) is 15.3. The molecule has 0 unspecified atom stereocenters. The Balaban J connectivity index is 0.00000289. The predicted molar refractivity (Wildman–Crippen MR) is 140 cm³/mol. The Bertz CT molecular complexity index is 1010. The highest BCUT2D eigenvalue weighted by molar-refractivity contribution is 6.11. The summed E-state index contributed by atoms with van der Waals surface area (Å²) in [6.45, 7) is 6.81. The zero-order valence-corrected chi connectivity index (χ0v) is 21.4. The molecule has 0 amide bonds. The molecule has 1 heterocycles. The van der Waals surface area contributed by atoms with Crippen molar-refractivity contribution < 1.29 is 14.3 Å². The summed E-state index contributed by atoms with van der Waals surface area (Å²) in [5.74, 6) is 0.932. The lowest BCUT2D eigenvalue weighted by Crippen LogP contribution is -2.40. The molecule has 0 saturated carbocycles. The summed E-state index contributed by atoms with van der Waals surface area (Å²) in [4.78, 5) is 18.4. The van der Waals surface area contributed by atoms with Gasteiger partial charge in [0.15, 0.2) is 5.78 Å². The van der Waals surface area contributed by atoms with Crippen molar-refractivity contribution in [2.45, 2.75) is 32.7 Å². The van der Waals surface area contributed by atoms with Gasteiger partial charge in [0.1, 0.15) is 18.1 Å². The number of nitrogens with two attached hydrogens (primary N) is 1. The number of azide groups is 1. The Kier molecular flexibility index (Phi) is 11.5. The number of anilines is 1. The fourth-order valence-electron chi connectivity index (χ4n) is 3.99. The molecule has 1 fully saturated rings. The van der Waals surface area contributed by atoms with E-state index in [4.69, 9.17) is 20.7 Å². The number of halogens is 2. The van der Waals surface area contributed by atoms with Gasteiger partial charge < -0.3 is 20.1 Å². The standard InChI is InChI=1S/C24H31N5O3.2ClH/c1-24(2)10-5-11-29(16-24)19-8-9-22(31-3)21(13-19)23(30)17-6-4-7-20(12-17)32-15-18(25)14-27-28-26;;/h4,6-9,12-13,18H,5,10-11,14-16,25H2,1-3H3;2*1H/t18-;;/m1../s1. The van der Waals surface area contributed by atoms with Crippen LogP contribution < -0.4 is 20.1 Å². The number of benzene rings is 2. The molecule has 0 aromatic heterocycles. The van der Waals surface area contributed by atoms with Crippen LogP contribution >= 0.6 is 24.8 Å². The first kappa shape index (κ1) is 29.4. The number of ether oxygens (including phenoxy) is 2. The summed E-state index contributed by atoms with van der Waals surface area (Å²) in [6.07, 6.45) is 2.33. The van der Waals surface area contributed by atoms with Crippen LogP contribution in [0, 0.1) is 5.41 Å². The molecule has 1 atom stereocenters. The summed E-state index contributed by atoms with van der Waals surface area (Å²) in [5.41, 5.74) is 16.5. The molecule has 186 valence electrons. The highest BCUT2D eigenvalue weighted by Gasteiger charge is 2.27. The van der Waals surface area contributed by atoms with E-state index in [1.165, 1.54) is 6.42 Å². The summed E-state index contributed by atoms with van der Waals surface area (Å²) >= 11 is 0. The van der Waals surface area contributed by atoms with Gasteiger partial charge in [0.2, 0.25) is 0 Å². The van der Waals surface area contributed by atoms with Crippen LogP contribution in [-0.4, -0.2) is 45.2 Å². The van der Waals surface area contributed by atoms with Crippen molar-refractivity contribution in [3.05, 3.63) is 64.0 Å². The SMILES string of the molecule is COc1ccc(N2CCCC(C)(C)C2)cc1C(=O)c1cccc(OC[C@H](N)CN=[N+]=[N-])c1.Cl.Cl. The molecule has 2 aromatic carbocycles. The van der Waals surface area contributed by atoms with Gasteiger partial charge in [-0.15, -0.1) is 24.8 Å². The van der Waals surface area contributed by atoms with E-state index in [1.54, 1.807) is 31.4 Å². The first-order valence-electron chi connectivity index (χ1n) is 10.8. The van der Waals surface area contributed by atoms with Crippen molar-refractivity contribution in [2.75, 3.05) is 38.3 Å². The highest BCUT2D eigenvalue weighted by Crippen LogP contribution is 2.34. The first-order valence-corrected chi connectivity index (χ1v) is 10.8. The average molecular weight is 510 g/mol. The number of rotatable bonds is 9. The number of hydrogen-bond donors (Lipinski definition) is 1. The molecular weight excluding hydrogens is 477 g/mol. The maximum absolute atomic E-state index is 13.4. The van der Waals surface area contributed by atoms with E-state index in [2.05, 4.69) is 28.8 Å². The molecule has 1 aliphatic rings. The minimum absolute atomic E-state index is 0. The monoisotopic (exact) mass is 509 g/mol. The quantitative estimate of drug-likeness (QED) is 0.210. The lowest BCUT2D eigenvalue weighted by Gasteiger charge is -2.39. The summed E-state index contributed by atoms with van der Waals surface area (Å²) in [7, 11) is 1.57. The van der Waals surface area contributed by atoms with Crippen molar-refractivity contribution >= 4 is 36.3 Å². The molecule has 34 heavy (non-hydrogen) atoms. The number of piperidine rings is 1. The van der Waals surface area contributed by atoms with E-state index in [9.17, 15) is 4.79 Å². The lowest BCUT2D eigenvalue weighted by atomic mass is 9.84. The van der Waals surface area contributed by atoms with E-state index in [0.717, 1.165) is 25.2 Å². The predicted octanol–water partition coefficient (Wildman–Crippen LogP) is 5.41. The van der Waals surface area contributed by atoms with Gasteiger partial charge in [-0.2, -0.15) is 0 Å². The Morgan fingerprint density at radius 2 is 2.03 bits per heavy atom. The third-order valence-corrected chi connectivity index (χ3v) is 5.63. The third-order valence-electron chi connectivity index (χ3n) is 5.63. The fraction of sp³-hybridized carbons (Fsp3) is 0.458. The molecule has 8 nitrogen and oxygen atoms in total. The Morgan fingerprint density at radius 3 is 2.71 bits per heavy atom. The van der Waals surface area contributed by atoms with Crippen LogP contribution in [0.3, 0.4) is 0 Å². The van der Waals surface area contributed by atoms with Gasteiger partial charge in [0.25, 0.3) is 0 Å². The molecular formula is C24H33Cl2N5O3. The molecule has 0 radical (unpaired) electrons. The van der Waals surface area contributed by atoms with Gasteiger partial charge in [-0.1, -0.05) is 31.1 Å². The molecule has 0 spiro atoms. The molecule has 3 rings (SSSR count). The average Bonchev–Trinajstić information content (AvgIpc) is 2.80. The number of methoxy groups -OCH3 is 1. The fourth-order valence-corrected chi connectivity index (χ4v) is 3.99. The van der Waals surface area contributed by atoms with Gasteiger partial charge in [-0.05, 0) is 54.1 Å². The van der Waals surface area contributed by atoms with E-state index in [-0.39, 0.29) is 49.2 Å². The van der Waals surface area contributed by atoms with Crippen LogP contribution in [0.25, 0.3) is 10.4 Å². The summed E-state index contributed by atoms with van der Waals surface area (Å²) < 4.78 is 11.2. The largest absolute Gasteiger partial charge is 0.496 e. The molecule has 0 bridgehead atoms. The minimum Gasteiger partial charge on any atom is -0.496 e. The Labute approximate surface area is 213 Å². The maximum atomic E-state index is 13.4. The lowest BCUT2D eigenvalue weighted by molar-refractivity contribution is 0.103. The number of ketones is 1. The van der Waals surface area contributed by atoms with Crippen LogP contribution in [0.1, 0.15) is 42.6 Å². The van der Waals surface area contributed by atoms with Crippen molar-refractivity contribution in [1.29, 1.82) is 0 Å². The number of nitrogens with zero attached hydrogens (tertiary/aromatic N) is 4. The van der Waals surface area contributed by atoms with Crippen LogP contribution in [0.15, 0.2) is 47.6 Å². The van der Waals surface area contributed by atoms with Crippen molar-refractivity contribution in [3.8, 4) is 11.5 Å². The Hall–Kier alpha value is -2.64. The summed E-state index contributed by atoms with van der Waals surface area (Å²) in [5, 5.41) is 3.45.